The van der Waals surface area contributed by atoms with Gasteiger partial charge in [0.15, 0.2) is 0 Å². The molecule has 0 aliphatic carbocycles. The van der Waals surface area contributed by atoms with Gasteiger partial charge in [-0.2, -0.15) is 0 Å². The van der Waals surface area contributed by atoms with Gasteiger partial charge in [0.1, 0.15) is 6.10 Å². The minimum absolute atomic E-state index is 0.0355. The molecule has 0 aromatic rings. The molecule has 0 aromatic carbocycles. The van der Waals surface area contributed by atoms with Crippen molar-refractivity contribution in [3.05, 3.63) is 0 Å². The summed E-state index contributed by atoms with van der Waals surface area (Å²) >= 11 is 0. The van der Waals surface area contributed by atoms with Gasteiger partial charge in [-0.05, 0) is 5.92 Å². The highest BCUT2D eigenvalue weighted by molar-refractivity contribution is 5.82. The maximum Gasteiger partial charge on any atom is 0.250 e. The number of amides is 2. The Bertz CT molecular complexity index is 276. The zero-order chi connectivity index (χ0) is 13.4. The van der Waals surface area contributed by atoms with Crippen LogP contribution in [-0.2, 0) is 14.3 Å². The van der Waals surface area contributed by atoms with Crippen LogP contribution in [0.5, 0.6) is 0 Å². The first-order valence-electron chi connectivity index (χ1n) is 6.46. The summed E-state index contributed by atoms with van der Waals surface area (Å²) in [5.74, 6) is 0.246. The average Bonchev–Trinajstić information content (AvgIpc) is 2.37. The third-order valence-electron chi connectivity index (χ3n) is 2.58. The van der Waals surface area contributed by atoms with Gasteiger partial charge in [0.25, 0.3) is 0 Å². The molecule has 1 unspecified atom stereocenters. The molecule has 0 radical (unpaired) electrons. The number of ether oxygens (including phenoxy) is 1. The number of carbonyl (C=O) groups excluding carboxylic acids is 2. The van der Waals surface area contributed by atoms with E-state index in [9.17, 15) is 9.59 Å². The molecule has 0 spiro atoms. The third-order valence-corrected chi connectivity index (χ3v) is 2.58. The van der Waals surface area contributed by atoms with E-state index in [1.807, 2.05) is 13.8 Å². The fourth-order valence-corrected chi connectivity index (χ4v) is 1.55. The Morgan fingerprint density at radius 3 is 2.78 bits per heavy atom. The molecule has 1 heterocycles. The van der Waals surface area contributed by atoms with E-state index in [2.05, 4.69) is 16.0 Å². The smallest absolute Gasteiger partial charge is 0.250 e. The SMILES string of the molecule is CC(C)CNC(=O)CCNC(=O)C1CNCCO1. The van der Waals surface area contributed by atoms with E-state index >= 15 is 0 Å². The summed E-state index contributed by atoms with van der Waals surface area (Å²) in [5, 5.41) is 8.59. The summed E-state index contributed by atoms with van der Waals surface area (Å²) in [5.41, 5.74) is 0. The lowest BCUT2D eigenvalue weighted by Crippen LogP contribution is -2.48. The van der Waals surface area contributed by atoms with Crippen LogP contribution in [0.3, 0.4) is 0 Å². The number of hydrogen-bond donors (Lipinski definition) is 3. The van der Waals surface area contributed by atoms with E-state index in [4.69, 9.17) is 4.74 Å². The summed E-state index contributed by atoms with van der Waals surface area (Å²) in [7, 11) is 0. The van der Waals surface area contributed by atoms with Crippen molar-refractivity contribution in [2.75, 3.05) is 32.8 Å². The number of morpholine rings is 1. The fraction of sp³-hybridized carbons (Fsp3) is 0.833. The van der Waals surface area contributed by atoms with E-state index in [0.717, 1.165) is 6.54 Å². The molecule has 0 saturated carbocycles. The second-order valence-corrected chi connectivity index (χ2v) is 4.80. The predicted octanol–water partition coefficient (Wildman–Crippen LogP) is -0.747. The predicted molar refractivity (Wildman–Crippen MR) is 68.1 cm³/mol. The summed E-state index contributed by atoms with van der Waals surface area (Å²) in [4.78, 5) is 23.0. The first-order valence-corrected chi connectivity index (χ1v) is 6.46. The molecule has 1 rings (SSSR count). The second kappa shape index (κ2) is 8.05. The Balaban J connectivity index is 2.09. The highest BCUT2D eigenvalue weighted by atomic mass is 16.5. The lowest BCUT2D eigenvalue weighted by molar-refractivity contribution is -0.134. The van der Waals surface area contributed by atoms with Gasteiger partial charge >= 0.3 is 0 Å². The van der Waals surface area contributed by atoms with Crippen molar-refractivity contribution in [2.24, 2.45) is 5.92 Å². The van der Waals surface area contributed by atoms with E-state index in [1.54, 1.807) is 0 Å². The first-order chi connectivity index (χ1) is 8.59. The maximum absolute atomic E-state index is 11.6. The fourth-order valence-electron chi connectivity index (χ4n) is 1.55. The van der Waals surface area contributed by atoms with Crippen molar-refractivity contribution >= 4 is 11.8 Å². The van der Waals surface area contributed by atoms with Crippen molar-refractivity contribution < 1.29 is 14.3 Å². The van der Waals surface area contributed by atoms with Crippen LogP contribution in [-0.4, -0.2) is 50.7 Å². The van der Waals surface area contributed by atoms with Crippen LogP contribution >= 0.6 is 0 Å². The van der Waals surface area contributed by atoms with E-state index in [0.29, 0.717) is 38.6 Å². The van der Waals surface area contributed by atoms with Gasteiger partial charge in [0.05, 0.1) is 6.61 Å². The van der Waals surface area contributed by atoms with Crippen LogP contribution in [0.2, 0.25) is 0 Å². The van der Waals surface area contributed by atoms with E-state index in [1.165, 1.54) is 0 Å². The highest BCUT2D eigenvalue weighted by Gasteiger charge is 2.21. The van der Waals surface area contributed by atoms with E-state index < -0.39 is 6.10 Å². The average molecular weight is 257 g/mol. The second-order valence-electron chi connectivity index (χ2n) is 4.80. The van der Waals surface area contributed by atoms with Crippen molar-refractivity contribution in [1.82, 2.24) is 16.0 Å². The highest BCUT2D eigenvalue weighted by Crippen LogP contribution is 1.95. The normalized spacial score (nSPS) is 19.6. The van der Waals surface area contributed by atoms with Crippen LogP contribution in [0, 0.1) is 5.92 Å². The number of hydrogen-bond acceptors (Lipinski definition) is 4. The van der Waals surface area contributed by atoms with Gasteiger partial charge in [-0.15, -0.1) is 0 Å². The first kappa shape index (κ1) is 14.9. The van der Waals surface area contributed by atoms with Crippen LogP contribution in [0.15, 0.2) is 0 Å². The summed E-state index contributed by atoms with van der Waals surface area (Å²) < 4.78 is 5.30. The summed E-state index contributed by atoms with van der Waals surface area (Å²) in [6.45, 7) is 6.95. The minimum atomic E-state index is -0.433. The van der Waals surface area contributed by atoms with Crippen LogP contribution in [0.1, 0.15) is 20.3 Å². The molecule has 1 aliphatic rings. The molecule has 1 atom stereocenters. The maximum atomic E-state index is 11.6. The largest absolute Gasteiger partial charge is 0.366 e. The Kier molecular flexibility index (Phi) is 6.67. The Morgan fingerprint density at radius 1 is 1.39 bits per heavy atom. The number of nitrogens with one attached hydrogen (secondary N) is 3. The number of carbonyl (C=O) groups is 2. The van der Waals surface area contributed by atoms with Crippen molar-refractivity contribution in [3.8, 4) is 0 Å². The third kappa shape index (κ3) is 5.97. The van der Waals surface area contributed by atoms with Gasteiger partial charge in [0, 0.05) is 32.6 Å². The van der Waals surface area contributed by atoms with E-state index in [-0.39, 0.29) is 11.8 Å². The lowest BCUT2D eigenvalue weighted by Gasteiger charge is -2.22. The molecule has 0 aromatic heterocycles. The van der Waals surface area contributed by atoms with Crippen LogP contribution < -0.4 is 16.0 Å². The van der Waals surface area contributed by atoms with Gasteiger partial charge < -0.3 is 20.7 Å². The zero-order valence-electron chi connectivity index (χ0n) is 11.1. The molecule has 1 aliphatic heterocycles. The molecule has 1 saturated heterocycles. The molecule has 18 heavy (non-hydrogen) atoms. The van der Waals surface area contributed by atoms with Crippen LogP contribution in [0.4, 0.5) is 0 Å². The van der Waals surface area contributed by atoms with Crippen molar-refractivity contribution in [3.63, 3.8) is 0 Å². The van der Waals surface area contributed by atoms with Gasteiger partial charge in [-0.25, -0.2) is 0 Å². The Labute approximate surface area is 108 Å². The molecule has 104 valence electrons. The van der Waals surface area contributed by atoms with Gasteiger partial charge in [0.2, 0.25) is 11.8 Å². The number of rotatable bonds is 6. The molecular weight excluding hydrogens is 234 g/mol. The molecule has 2 amide bonds. The Morgan fingerprint density at radius 2 is 2.17 bits per heavy atom. The standard InChI is InChI=1S/C12H23N3O3/c1-9(2)7-15-11(16)3-4-14-12(17)10-8-13-5-6-18-10/h9-10,13H,3-8H2,1-2H3,(H,14,17)(H,15,16). The zero-order valence-corrected chi connectivity index (χ0v) is 11.1. The molecule has 6 nitrogen and oxygen atoms in total. The monoisotopic (exact) mass is 257 g/mol. The summed E-state index contributed by atoms with van der Waals surface area (Å²) in [6, 6.07) is 0. The molecule has 1 fully saturated rings. The topological polar surface area (TPSA) is 79.5 Å². The lowest BCUT2D eigenvalue weighted by atomic mass is 10.2. The molecule has 6 heteroatoms. The van der Waals surface area contributed by atoms with Gasteiger partial charge in [-0.3, -0.25) is 9.59 Å². The molecule has 3 N–H and O–H groups in total. The Hall–Kier alpha value is -1.14. The molecular formula is C12H23N3O3. The van der Waals surface area contributed by atoms with Crippen molar-refractivity contribution in [2.45, 2.75) is 26.4 Å². The molecule has 0 bridgehead atoms. The van der Waals surface area contributed by atoms with Crippen molar-refractivity contribution in [1.29, 1.82) is 0 Å². The minimum Gasteiger partial charge on any atom is -0.366 e. The van der Waals surface area contributed by atoms with Crippen LogP contribution in [0.25, 0.3) is 0 Å². The van der Waals surface area contributed by atoms with Gasteiger partial charge in [-0.1, -0.05) is 13.8 Å². The quantitative estimate of drug-likeness (QED) is 0.585. The summed E-state index contributed by atoms with van der Waals surface area (Å²) in [6.07, 6.45) is -0.129.